The summed E-state index contributed by atoms with van der Waals surface area (Å²) in [5.74, 6) is 2.62. The molecule has 2 fully saturated rings. The maximum Gasteiger partial charge on any atom is 0.205 e. The van der Waals surface area contributed by atoms with Crippen LogP contribution in [0.2, 0.25) is 0 Å². The number of hydrogen-bond acceptors (Lipinski definition) is 5. The molecule has 2 aliphatic heterocycles. The predicted molar refractivity (Wildman–Crippen MR) is 70.6 cm³/mol. The summed E-state index contributed by atoms with van der Waals surface area (Å²) in [6.07, 6.45) is 2.15. The van der Waals surface area contributed by atoms with E-state index in [-0.39, 0.29) is 0 Å². The lowest BCUT2D eigenvalue weighted by molar-refractivity contribution is 0.442. The van der Waals surface area contributed by atoms with Gasteiger partial charge in [-0.05, 0) is 18.3 Å². The molecule has 1 aromatic heterocycles. The number of nitrogens with zero attached hydrogens (tertiary/aromatic N) is 3. The molecule has 0 saturated carbocycles. The van der Waals surface area contributed by atoms with E-state index in [4.69, 9.17) is 0 Å². The third-order valence-electron chi connectivity index (χ3n) is 4.16. The quantitative estimate of drug-likeness (QED) is 0.886. The number of fused-ring (bicyclic) bond motifs is 1. The van der Waals surface area contributed by atoms with Crippen molar-refractivity contribution >= 4 is 16.7 Å². The topological polar surface area (TPSA) is 41.1 Å². The van der Waals surface area contributed by atoms with Crippen LogP contribution in [0.15, 0.2) is 0 Å². The van der Waals surface area contributed by atoms with Crippen molar-refractivity contribution < 1.29 is 0 Å². The minimum Gasteiger partial charge on any atom is -0.343 e. The first-order valence-electron chi connectivity index (χ1n) is 6.63. The zero-order chi connectivity index (χ0) is 11.8. The molecule has 1 N–H and O–H groups in total. The van der Waals surface area contributed by atoms with Gasteiger partial charge in [0.25, 0.3) is 0 Å². The molecule has 0 radical (unpaired) electrons. The predicted octanol–water partition coefficient (Wildman–Crippen LogP) is 1.53. The minimum absolute atomic E-state index is 0.660. The normalized spacial score (nSPS) is 32.1. The number of hydrogen-bond donors (Lipinski definition) is 1. The molecule has 3 heterocycles. The Bertz CT molecular complexity index is 392. The van der Waals surface area contributed by atoms with Crippen LogP contribution < -0.4 is 10.2 Å². The smallest absolute Gasteiger partial charge is 0.205 e. The summed E-state index contributed by atoms with van der Waals surface area (Å²) in [5.41, 5.74) is 0. The standard InChI is InChI=1S/C12H20N4S/c1-3-10-9-6-13-5-8(9)7-16(10)12-14-11(4-2)15-17-12/h8-10,13H,3-7H2,1-2H3. The van der Waals surface area contributed by atoms with Crippen LogP contribution in [-0.4, -0.2) is 35.0 Å². The highest BCUT2D eigenvalue weighted by Gasteiger charge is 2.44. The Morgan fingerprint density at radius 3 is 3.00 bits per heavy atom. The van der Waals surface area contributed by atoms with Crippen LogP contribution in [0.4, 0.5) is 5.13 Å². The highest BCUT2D eigenvalue weighted by atomic mass is 32.1. The number of aryl methyl sites for hydroxylation is 1. The van der Waals surface area contributed by atoms with Gasteiger partial charge in [-0.25, -0.2) is 4.98 Å². The SMILES string of the molecule is CCc1nsc(N2CC3CNCC3C2CC)n1. The molecule has 3 atom stereocenters. The van der Waals surface area contributed by atoms with E-state index in [1.165, 1.54) is 19.5 Å². The molecule has 3 unspecified atom stereocenters. The summed E-state index contributed by atoms with van der Waals surface area (Å²) < 4.78 is 4.42. The number of aromatic nitrogens is 2. The molecule has 0 spiro atoms. The third kappa shape index (κ3) is 1.85. The third-order valence-corrected chi connectivity index (χ3v) is 4.95. The molecule has 1 aromatic rings. The van der Waals surface area contributed by atoms with Gasteiger partial charge in [0.15, 0.2) is 0 Å². The Balaban J connectivity index is 1.83. The summed E-state index contributed by atoms with van der Waals surface area (Å²) in [6.45, 7) is 7.93. The van der Waals surface area contributed by atoms with E-state index in [0.717, 1.165) is 35.8 Å². The lowest BCUT2D eigenvalue weighted by atomic mass is 9.93. The average Bonchev–Trinajstić information content (AvgIpc) is 3.02. The lowest BCUT2D eigenvalue weighted by Crippen LogP contribution is -2.35. The van der Waals surface area contributed by atoms with Gasteiger partial charge in [0.2, 0.25) is 5.13 Å². The second kappa shape index (κ2) is 4.53. The monoisotopic (exact) mass is 252 g/mol. The lowest BCUT2D eigenvalue weighted by Gasteiger charge is -2.25. The molecule has 5 heteroatoms. The van der Waals surface area contributed by atoms with E-state index < -0.39 is 0 Å². The Labute approximate surface area is 107 Å². The highest BCUT2D eigenvalue weighted by Crippen LogP contribution is 2.37. The first-order chi connectivity index (χ1) is 8.33. The molecular weight excluding hydrogens is 232 g/mol. The second-order valence-corrected chi connectivity index (χ2v) is 5.79. The van der Waals surface area contributed by atoms with Crippen LogP contribution in [0.1, 0.15) is 26.1 Å². The van der Waals surface area contributed by atoms with E-state index in [9.17, 15) is 0 Å². The summed E-state index contributed by atoms with van der Waals surface area (Å²) in [4.78, 5) is 7.16. The largest absolute Gasteiger partial charge is 0.343 e. The van der Waals surface area contributed by atoms with Crippen LogP contribution in [0, 0.1) is 11.8 Å². The van der Waals surface area contributed by atoms with Crippen molar-refractivity contribution in [1.82, 2.24) is 14.7 Å². The van der Waals surface area contributed by atoms with Crippen molar-refractivity contribution in [2.24, 2.45) is 11.8 Å². The van der Waals surface area contributed by atoms with E-state index in [1.54, 1.807) is 11.5 Å². The molecule has 17 heavy (non-hydrogen) atoms. The van der Waals surface area contributed by atoms with Gasteiger partial charge < -0.3 is 10.2 Å². The molecule has 2 aliphatic rings. The molecule has 2 saturated heterocycles. The van der Waals surface area contributed by atoms with Gasteiger partial charge in [-0.1, -0.05) is 13.8 Å². The van der Waals surface area contributed by atoms with Gasteiger partial charge in [0, 0.05) is 43.6 Å². The zero-order valence-corrected chi connectivity index (χ0v) is 11.3. The summed E-state index contributed by atoms with van der Waals surface area (Å²) in [6, 6.07) is 0.660. The van der Waals surface area contributed by atoms with Gasteiger partial charge in [-0.2, -0.15) is 4.37 Å². The van der Waals surface area contributed by atoms with Crippen molar-refractivity contribution in [3.05, 3.63) is 5.82 Å². The van der Waals surface area contributed by atoms with Crippen LogP contribution >= 0.6 is 11.5 Å². The van der Waals surface area contributed by atoms with Crippen molar-refractivity contribution in [1.29, 1.82) is 0 Å². The van der Waals surface area contributed by atoms with Gasteiger partial charge in [-0.3, -0.25) is 0 Å². The molecule has 0 amide bonds. The molecule has 3 rings (SSSR count). The van der Waals surface area contributed by atoms with Crippen molar-refractivity contribution in [3.63, 3.8) is 0 Å². The van der Waals surface area contributed by atoms with Crippen molar-refractivity contribution in [2.45, 2.75) is 32.7 Å². The number of rotatable bonds is 3. The first kappa shape index (κ1) is 11.4. The summed E-state index contributed by atoms with van der Waals surface area (Å²) >= 11 is 1.57. The molecular formula is C12H20N4S. The van der Waals surface area contributed by atoms with Crippen LogP contribution in [-0.2, 0) is 6.42 Å². The van der Waals surface area contributed by atoms with Gasteiger partial charge >= 0.3 is 0 Å². The average molecular weight is 252 g/mol. The molecule has 0 bridgehead atoms. The maximum absolute atomic E-state index is 4.65. The zero-order valence-electron chi connectivity index (χ0n) is 10.5. The molecule has 0 aliphatic carbocycles. The van der Waals surface area contributed by atoms with Crippen LogP contribution in [0.5, 0.6) is 0 Å². The first-order valence-corrected chi connectivity index (χ1v) is 7.40. The van der Waals surface area contributed by atoms with Crippen molar-refractivity contribution in [3.8, 4) is 0 Å². The Hall–Kier alpha value is -0.680. The number of anilines is 1. The Morgan fingerprint density at radius 2 is 2.29 bits per heavy atom. The highest BCUT2D eigenvalue weighted by molar-refractivity contribution is 7.09. The van der Waals surface area contributed by atoms with Crippen LogP contribution in [0.3, 0.4) is 0 Å². The minimum atomic E-state index is 0.660. The van der Waals surface area contributed by atoms with E-state index in [2.05, 4.69) is 33.4 Å². The van der Waals surface area contributed by atoms with Crippen LogP contribution in [0.25, 0.3) is 0 Å². The Morgan fingerprint density at radius 1 is 1.41 bits per heavy atom. The van der Waals surface area contributed by atoms with Gasteiger partial charge in [0.05, 0.1) is 0 Å². The fraction of sp³-hybridized carbons (Fsp3) is 0.833. The second-order valence-electron chi connectivity index (χ2n) is 5.06. The van der Waals surface area contributed by atoms with E-state index in [1.807, 2.05) is 0 Å². The Kier molecular flexibility index (Phi) is 3.04. The molecule has 94 valence electrons. The van der Waals surface area contributed by atoms with E-state index >= 15 is 0 Å². The fourth-order valence-corrected chi connectivity index (χ4v) is 4.09. The maximum atomic E-state index is 4.65. The van der Waals surface area contributed by atoms with E-state index in [0.29, 0.717) is 6.04 Å². The van der Waals surface area contributed by atoms with Gasteiger partial charge in [0.1, 0.15) is 5.82 Å². The fourth-order valence-electron chi connectivity index (χ4n) is 3.27. The van der Waals surface area contributed by atoms with Crippen molar-refractivity contribution in [2.75, 3.05) is 24.5 Å². The van der Waals surface area contributed by atoms with Gasteiger partial charge in [-0.15, -0.1) is 0 Å². The number of nitrogens with one attached hydrogen (secondary N) is 1. The molecule has 0 aromatic carbocycles. The summed E-state index contributed by atoms with van der Waals surface area (Å²) in [5, 5.41) is 4.66. The summed E-state index contributed by atoms with van der Waals surface area (Å²) in [7, 11) is 0. The molecule has 4 nitrogen and oxygen atoms in total.